The third-order valence-corrected chi connectivity index (χ3v) is 5.70. The van der Waals surface area contributed by atoms with Gasteiger partial charge >= 0.3 is 0 Å². The minimum Gasteiger partial charge on any atom is -0.507 e. The summed E-state index contributed by atoms with van der Waals surface area (Å²) in [5.74, 6) is 0.223. The van der Waals surface area contributed by atoms with Crippen molar-refractivity contribution in [2.24, 2.45) is 0 Å². The third kappa shape index (κ3) is 3.44. The molecule has 0 radical (unpaired) electrons. The Morgan fingerprint density at radius 2 is 2.11 bits per heavy atom. The lowest BCUT2D eigenvalue weighted by molar-refractivity contribution is -0.132. The fourth-order valence-electron chi connectivity index (χ4n) is 4.15. The molecule has 1 aliphatic rings. The number of halogens is 1. The molecule has 3 heterocycles. The fraction of sp³-hybridized carbons (Fsp3) is 0.381. The molecule has 1 unspecified atom stereocenters. The second-order valence-electron chi connectivity index (χ2n) is 7.46. The number of hydrogen-bond acceptors (Lipinski definition) is 4. The van der Waals surface area contributed by atoms with Crippen LogP contribution in [0.25, 0.3) is 22.3 Å². The van der Waals surface area contributed by atoms with Gasteiger partial charge in [-0.05, 0) is 56.0 Å². The topological polar surface area (TPSA) is 71.2 Å². The predicted molar refractivity (Wildman–Crippen MR) is 109 cm³/mol. The molecule has 6 nitrogen and oxygen atoms in total. The fourth-order valence-corrected chi connectivity index (χ4v) is 4.41. The molecule has 1 fully saturated rings. The number of benzene rings is 1. The quantitative estimate of drug-likeness (QED) is 0.718. The van der Waals surface area contributed by atoms with Gasteiger partial charge in [-0.15, -0.1) is 10.2 Å². The number of phenols is 1. The standard InChI is InChI=1S/C21H23ClN4O2/c1-13-9-16(22)11-19(28)20(13)18-10-15-6-8-25(21(15)24-23-18)12-17-5-3-4-7-26(17)14(2)27/h6,8-11,17,28H,3-5,7,12H2,1-2H3. The summed E-state index contributed by atoms with van der Waals surface area (Å²) in [4.78, 5) is 13.9. The summed E-state index contributed by atoms with van der Waals surface area (Å²) >= 11 is 6.01. The zero-order valence-corrected chi connectivity index (χ0v) is 16.8. The van der Waals surface area contributed by atoms with Gasteiger partial charge in [-0.25, -0.2) is 0 Å². The number of piperidine rings is 1. The Kier molecular flexibility index (Phi) is 4.98. The maximum Gasteiger partial charge on any atom is 0.219 e. The van der Waals surface area contributed by atoms with Crippen molar-refractivity contribution in [3.8, 4) is 17.0 Å². The van der Waals surface area contributed by atoms with Crippen LogP contribution in [0.5, 0.6) is 5.75 Å². The van der Waals surface area contributed by atoms with E-state index in [1.54, 1.807) is 13.0 Å². The molecular formula is C21H23ClN4O2. The van der Waals surface area contributed by atoms with Crippen molar-refractivity contribution in [3.63, 3.8) is 0 Å². The minimum absolute atomic E-state index is 0.0948. The van der Waals surface area contributed by atoms with Crippen molar-refractivity contribution in [1.82, 2.24) is 19.7 Å². The van der Waals surface area contributed by atoms with E-state index in [4.69, 9.17) is 11.6 Å². The lowest BCUT2D eigenvalue weighted by Crippen LogP contribution is -2.44. The molecule has 0 bridgehead atoms. The monoisotopic (exact) mass is 398 g/mol. The molecule has 3 aromatic rings. The van der Waals surface area contributed by atoms with Crippen LogP contribution in [-0.4, -0.2) is 43.3 Å². The van der Waals surface area contributed by atoms with E-state index in [1.807, 2.05) is 30.2 Å². The van der Waals surface area contributed by atoms with Gasteiger partial charge in [0.05, 0.1) is 5.69 Å². The number of fused-ring (bicyclic) bond motifs is 1. The van der Waals surface area contributed by atoms with E-state index in [-0.39, 0.29) is 17.7 Å². The molecule has 146 valence electrons. The largest absolute Gasteiger partial charge is 0.507 e. The number of likely N-dealkylation sites (tertiary alicyclic amines) is 1. The van der Waals surface area contributed by atoms with Crippen LogP contribution in [0.1, 0.15) is 31.7 Å². The zero-order valence-electron chi connectivity index (χ0n) is 16.0. The summed E-state index contributed by atoms with van der Waals surface area (Å²) in [6.07, 6.45) is 5.20. The Hall–Kier alpha value is -2.60. The molecule has 1 aromatic carbocycles. The molecule has 2 aromatic heterocycles. The van der Waals surface area contributed by atoms with Gasteiger partial charge in [0.25, 0.3) is 0 Å². The van der Waals surface area contributed by atoms with Crippen LogP contribution >= 0.6 is 11.6 Å². The number of carbonyl (C=O) groups is 1. The van der Waals surface area contributed by atoms with E-state index in [2.05, 4.69) is 14.8 Å². The first-order valence-electron chi connectivity index (χ1n) is 9.53. The number of nitrogens with zero attached hydrogens (tertiary/aromatic N) is 4. The van der Waals surface area contributed by atoms with Crippen molar-refractivity contribution in [2.45, 2.75) is 45.7 Å². The summed E-state index contributed by atoms with van der Waals surface area (Å²) in [5.41, 5.74) is 2.88. The summed E-state index contributed by atoms with van der Waals surface area (Å²) in [5, 5.41) is 20.5. The Balaban J connectivity index is 1.66. The van der Waals surface area contributed by atoms with Crippen LogP contribution in [0.3, 0.4) is 0 Å². The Labute approximate surface area is 168 Å². The first kappa shape index (κ1) is 18.7. The zero-order chi connectivity index (χ0) is 19.8. The third-order valence-electron chi connectivity index (χ3n) is 5.48. The molecule has 4 rings (SSSR count). The van der Waals surface area contributed by atoms with Gasteiger partial charge < -0.3 is 14.6 Å². The van der Waals surface area contributed by atoms with Crippen molar-refractivity contribution in [3.05, 3.63) is 41.0 Å². The molecule has 28 heavy (non-hydrogen) atoms. The summed E-state index contributed by atoms with van der Waals surface area (Å²) in [7, 11) is 0. The number of amides is 1. The summed E-state index contributed by atoms with van der Waals surface area (Å²) in [6.45, 7) is 5.06. The van der Waals surface area contributed by atoms with Crippen LogP contribution in [0.15, 0.2) is 30.5 Å². The number of aromatic hydroxyl groups is 1. The van der Waals surface area contributed by atoms with E-state index in [0.29, 0.717) is 22.8 Å². The van der Waals surface area contributed by atoms with Crippen molar-refractivity contribution in [1.29, 1.82) is 0 Å². The van der Waals surface area contributed by atoms with Crippen LogP contribution in [-0.2, 0) is 11.3 Å². The number of carbonyl (C=O) groups excluding carboxylic acids is 1. The number of hydrogen-bond donors (Lipinski definition) is 1. The molecule has 1 saturated heterocycles. The SMILES string of the molecule is CC(=O)N1CCCCC1Cn1ccc2cc(-c3c(C)cc(Cl)cc3O)nnc21. The second kappa shape index (κ2) is 7.43. The van der Waals surface area contributed by atoms with Gasteiger partial charge in [0.15, 0.2) is 5.65 Å². The van der Waals surface area contributed by atoms with Gasteiger partial charge in [-0.2, -0.15) is 0 Å². The molecule has 1 amide bonds. The van der Waals surface area contributed by atoms with Gasteiger partial charge in [0.1, 0.15) is 5.75 Å². The highest BCUT2D eigenvalue weighted by atomic mass is 35.5. The van der Waals surface area contributed by atoms with Crippen LogP contribution < -0.4 is 0 Å². The minimum atomic E-state index is 0.0948. The van der Waals surface area contributed by atoms with E-state index in [0.717, 1.165) is 42.4 Å². The van der Waals surface area contributed by atoms with Gasteiger partial charge in [-0.1, -0.05) is 11.6 Å². The van der Waals surface area contributed by atoms with Gasteiger partial charge in [0.2, 0.25) is 5.91 Å². The molecule has 0 aliphatic carbocycles. The maximum atomic E-state index is 11.9. The van der Waals surface area contributed by atoms with Gasteiger partial charge in [0, 0.05) is 48.2 Å². The highest BCUT2D eigenvalue weighted by Gasteiger charge is 2.25. The lowest BCUT2D eigenvalue weighted by Gasteiger charge is -2.35. The summed E-state index contributed by atoms with van der Waals surface area (Å²) in [6, 6.07) is 7.42. The highest BCUT2D eigenvalue weighted by Crippen LogP contribution is 2.34. The van der Waals surface area contributed by atoms with E-state index in [1.165, 1.54) is 6.07 Å². The van der Waals surface area contributed by atoms with Crippen LogP contribution in [0.4, 0.5) is 0 Å². The van der Waals surface area contributed by atoms with Crippen molar-refractivity contribution in [2.75, 3.05) is 6.54 Å². The molecule has 7 heteroatoms. The number of aromatic nitrogens is 3. The van der Waals surface area contributed by atoms with Crippen molar-refractivity contribution >= 4 is 28.5 Å². The van der Waals surface area contributed by atoms with Gasteiger partial charge in [-0.3, -0.25) is 4.79 Å². The average molecular weight is 399 g/mol. The van der Waals surface area contributed by atoms with E-state index < -0.39 is 0 Å². The first-order valence-corrected chi connectivity index (χ1v) is 9.91. The van der Waals surface area contributed by atoms with E-state index in [9.17, 15) is 9.90 Å². The Morgan fingerprint density at radius 1 is 1.29 bits per heavy atom. The van der Waals surface area contributed by atoms with E-state index >= 15 is 0 Å². The Bertz CT molecular complexity index is 1020. The predicted octanol–water partition coefficient (Wildman–Crippen LogP) is 4.17. The summed E-state index contributed by atoms with van der Waals surface area (Å²) < 4.78 is 2.06. The molecular weight excluding hydrogens is 376 g/mol. The highest BCUT2D eigenvalue weighted by molar-refractivity contribution is 6.31. The first-order chi connectivity index (χ1) is 13.4. The van der Waals surface area contributed by atoms with Crippen LogP contribution in [0, 0.1) is 6.92 Å². The average Bonchev–Trinajstić information content (AvgIpc) is 3.03. The molecule has 0 spiro atoms. The normalized spacial score (nSPS) is 17.2. The number of aryl methyl sites for hydroxylation is 1. The molecule has 1 aliphatic heterocycles. The number of rotatable bonds is 3. The van der Waals surface area contributed by atoms with Crippen LogP contribution in [0.2, 0.25) is 5.02 Å². The molecule has 0 saturated carbocycles. The smallest absolute Gasteiger partial charge is 0.219 e. The maximum absolute atomic E-state index is 11.9. The van der Waals surface area contributed by atoms with Crippen molar-refractivity contribution < 1.29 is 9.90 Å². The second-order valence-corrected chi connectivity index (χ2v) is 7.89. The number of phenolic OH excluding ortho intramolecular Hbond substituents is 1. The molecule has 1 atom stereocenters. The lowest BCUT2D eigenvalue weighted by atomic mass is 10.0. The molecule has 1 N–H and O–H groups in total. The Morgan fingerprint density at radius 3 is 2.86 bits per heavy atom.